The first-order chi connectivity index (χ1) is 12.7. The fourth-order valence-electron chi connectivity index (χ4n) is 3.88. The van der Waals surface area contributed by atoms with Crippen LogP contribution >= 0.6 is 12.4 Å². The molecule has 152 valence electrons. The van der Waals surface area contributed by atoms with Gasteiger partial charge in [-0.15, -0.1) is 12.4 Å². The second kappa shape index (κ2) is 10.9. The number of nitrogens with zero attached hydrogens (tertiary/aromatic N) is 1. The molecule has 1 aromatic carbocycles. The van der Waals surface area contributed by atoms with E-state index in [1.807, 2.05) is 12.1 Å². The van der Waals surface area contributed by atoms with Gasteiger partial charge < -0.3 is 20.1 Å². The van der Waals surface area contributed by atoms with Crippen LogP contribution in [0.2, 0.25) is 0 Å². The summed E-state index contributed by atoms with van der Waals surface area (Å²) in [5.41, 5.74) is 1.20. The summed E-state index contributed by atoms with van der Waals surface area (Å²) in [6.45, 7) is 6.95. The summed E-state index contributed by atoms with van der Waals surface area (Å²) in [6, 6.07) is 8.73. The molecule has 2 heterocycles. The van der Waals surface area contributed by atoms with Crippen molar-refractivity contribution in [1.82, 2.24) is 15.5 Å². The molecule has 7 heteroatoms. The number of methoxy groups -OCH3 is 1. The van der Waals surface area contributed by atoms with Gasteiger partial charge in [0.05, 0.1) is 26.4 Å². The number of piperidine rings is 1. The van der Waals surface area contributed by atoms with Crippen molar-refractivity contribution in [2.45, 2.75) is 31.8 Å². The molecule has 2 aliphatic rings. The SMILES string of the molecule is COc1ccc(C(CNC(=O)[C@H]2CCN[C@@H](C)C2)N2CCOCC2)cc1.Cl. The Morgan fingerprint density at radius 3 is 2.67 bits per heavy atom. The van der Waals surface area contributed by atoms with Crippen LogP contribution in [-0.4, -0.2) is 63.4 Å². The van der Waals surface area contributed by atoms with E-state index in [2.05, 4.69) is 34.6 Å². The molecule has 2 aliphatic heterocycles. The summed E-state index contributed by atoms with van der Waals surface area (Å²) >= 11 is 0. The zero-order valence-corrected chi connectivity index (χ0v) is 17.1. The number of halogens is 1. The maximum atomic E-state index is 12.7. The summed E-state index contributed by atoms with van der Waals surface area (Å²) in [6.07, 6.45) is 1.83. The summed E-state index contributed by atoms with van der Waals surface area (Å²) in [5.74, 6) is 1.15. The van der Waals surface area contributed by atoms with Gasteiger partial charge in [0.2, 0.25) is 5.91 Å². The minimum atomic E-state index is 0. The van der Waals surface area contributed by atoms with Crippen molar-refractivity contribution < 1.29 is 14.3 Å². The highest BCUT2D eigenvalue weighted by Gasteiger charge is 2.27. The number of nitrogens with one attached hydrogen (secondary N) is 2. The molecule has 3 atom stereocenters. The van der Waals surface area contributed by atoms with Crippen LogP contribution in [-0.2, 0) is 9.53 Å². The number of morpholine rings is 1. The minimum Gasteiger partial charge on any atom is -0.497 e. The van der Waals surface area contributed by atoms with Crippen LogP contribution in [0.1, 0.15) is 31.4 Å². The van der Waals surface area contributed by atoms with Crippen molar-refractivity contribution in [3.05, 3.63) is 29.8 Å². The van der Waals surface area contributed by atoms with Gasteiger partial charge in [0.25, 0.3) is 0 Å². The van der Waals surface area contributed by atoms with Crippen molar-refractivity contribution in [3.63, 3.8) is 0 Å². The average Bonchev–Trinajstić information content (AvgIpc) is 2.69. The fourth-order valence-corrected chi connectivity index (χ4v) is 3.88. The molecule has 27 heavy (non-hydrogen) atoms. The maximum Gasteiger partial charge on any atom is 0.223 e. The average molecular weight is 398 g/mol. The molecule has 0 saturated carbocycles. The normalized spacial score (nSPS) is 24.5. The van der Waals surface area contributed by atoms with Gasteiger partial charge in [-0.1, -0.05) is 12.1 Å². The lowest BCUT2D eigenvalue weighted by Gasteiger charge is -2.35. The van der Waals surface area contributed by atoms with Crippen LogP contribution in [0.15, 0.2) is 24.3 Å². The van der Waals surface area contributed by atoms with Gasteiger partial charge in [-0.3, -0.25) is 9.69 Å². The highest BCUT2D eigenvalue weighted by atomic mass is 35.5. The maximum absolute atomic E-state index is 12.7. The molecule has 1 aromatic rings. The van der Waals surface area contributed by atoms with Crippen LogP contribution in [0.3, 0.4) is 0 Å². The third kappa shape index (κ3) is 6.07. The van der Waals surface area contributed by atoms with E-state index in [0.29, 0.717) is 12.6 Å². The van der Waals surface area contributed by atoms with E-state index >= 15 is 0 Å². The second-order valence-electron chi connectivity index (χ2n) is 7.26. The van der Waals surface area contributed by atoms with E-state index in [1.165, 1.54) is 5.56 Å². The van der Waals surface area contributed by atoms with E-state index in [0.717, 1.165) is 51.4 Å². The molecule has 2 saturated heterocycles. The number of benzene rings is 1. The molecule has 0 spiro atoms. The van der Waals surface area contributed by atoms with E-state index in [-0.39, 0.29) is 30.3 Å². The van der Waals surface area contributed by atoms with Crippen LogP contribution < -0.4 is 15.4 Å². The molecule has 0 aromatic heterocycles. The number of carbonyl (C=O) groups is 1. The van der Waals surface area contributed by atoms with Crippen LogP contribution in [0.25, 0.3) is 0 Å². The van der Waals surface area contributed by atoms with Gasteiger partial charge in [-0.05, 0) is 44.0 Å². The molecule has 0 radical (unpaired) electrons. The predicted octanol–water partition coefficient (Wildman–Crippen LogP) is 1.99. The molecule has 2 N–H and O–H groups in total. The Hall–Kier alpha value is -1.34. The third-order valence-electron chi connectivity index (χ3n) is 5.45. The van der Waals surface area contributed by atoms with Crippen LogP contribution in [0.5, 0.6) is 5.75 Å². The first-order valence-corrected chi connectivity index (χ1v) is 9.64. The quantitative estimate of drug-likeness (QED) is 0.768. The Kier molecular flexibility index (Phi) is 8.83. The Morgan fingerprint density at radius 1 is 1.33 bits per heavy atom. The van der Waals surface area contributed by atoms with E-state index < -0.39 is 0 Å². The van der Waals surface area contributed by atoms with E-state index in [1.54, 1.807) is 7.11 Å². The molecule has 1 unspecified atom stereocenters. The lowest BCUT2D eigenvalue weighted by Crippen LogP contribution is -2.46. The zero-order valence-electron chi connectivity index (χ0n) is 16.3. The molecule has 2 fully saturated rings. The number of ether oxygens (including phenoxy) is 2. The number of hydrogen-bond donors (Lipinski definition) is 2. The number of hydrogen-bond acceptors (Lipinski definition) is 5. The first-order valence-electron chi connectivity index (χ1n) is 9.64. The lowest BCUT2D eigenvalue weighted by molar-refractivity contribution is -0.126. The Balaban J connectivity index is 0.00000261. The van der Waals surface area contributed by atoms with Crippen molar-refractivity contribution in [3.8, 4) is 5.75 Å². The highest BCUT2D eigenvalue weighted by Crippen LogP contribution is 2.24. The molecule has 1 amide bonds. The molecule has 0 bridgehead atoms. The van der Waals surface area contributed by atoms with Gasteiger partial charge in [0.1, 0.15) is 5.75 Å². The van der Waals surface area contributed by atoms with Crippen molar-refractivity contribution in [2.75, 3.05) is 46.5 Å². The van der Waals surface area contributed by atoms with Gasteiger partial charge in [-0.25, -0.2) is 0 Å². The molecular weight excluding hydrogens is 366 g/mol. The van der Waals surface area contributed by atoms with Gasteiger partial charge in [0, 0.05) is 31.6 Å². The van der Waals surface area contributed by atoms with Crippen molar-refractivity contribution in [2.24, 2.45) is 5.92 Å². The number of amides is 1. The number of rotatable bonds is 6. The third-order valence-corrected chi connectivity index (χ3v) is 5.45. The molecule has 6 nitrogen and oxygen atoms in total. The van der Waals surface area contributed by atoms with E-state index in [4.69, 9.17) is 9.47 Å². The number of carbonyl (C=O) groups excluding carboxylic acids is 1. The van der Waals surface area contributed by atoms with Crippen molar-refractivity contribution >= 4 is 18.3 Å². The largest absolute Gasteiger partial charge is 0.497 e. The Morgan fingerprint density at radius 2 is 2.04 bits per heavy atom. The highest BCUT2D eigenvalue weighted by molar-refractivity contribution is 5.85. The summed E-state index contributed by atoms with van der Waals surface area (Å²) in [4.78, 5) is 15.1. The first kappa shape index (κ1) is 22.0. The summed E-state index contributed by atoms with van der Waals surface area (Å²) in [7, 11) is 1.68. The Labute approximate surface area is 168 Å². The lowest BCUT2D eigenvalue weighted by atomic mass is 9.92. The molecular formula is C20H32ClN3O3. The topological polar surface area (TPSA) is 62.8 Å². The molecule has 3 rings (SSSR count). The minimum absolute atomic E-state index is 0. The predicted molar refractivity (Wildman–Crippen MR) is 109 cm³/mol. The van der Waals surface area contributed by atoms with Crippen molar-refractivity contribution in [1.29, 1.82) is 0 Å². The standard InChI is InChI=1S/C20H31N3O3.ClH/c1-15-13-17(7-8-21-15)20(24)22-14-19(23-9-11-26-12-10-23)16-3-5-18(25-2)6-4-16;/h3-6,15,17,19,21H,7-14H2,1-2H3,(H,22,24);1H/t15-,17-,19?;/m0./s1. The molecule has 0 aliphatic carbocycles. The van der Waals surface area contributed by atoms with Gasteiger partial charge in [-0.2, -0.15) is 0 Å². The van der Waals surface area contributed by atoms with Crippen LogP contribution in [0, 0.1) is 5.92 Å². The van der Waals surface area contributed by atoms with E-state index in [9.17, 15) is 4.79 Å². The zero-order chi connectivity index (χ0) is 18.4. The second-order valence-corrected chi connectivity index (χ2v) is 7.26. The fraction of sp³-hybridized carbons (Fsp3) is 0.650. The van der Waals surface area contributed by atoms with Gasteiger partial charge in [0.15, 0.2) is 0 Å². The monoisotopic (exact) mass is 397 g/mol. The summed E-state index contributed by atoms with van der Waals surface area (Å²) < 4.78 is 10.8. The van der Waals surface area contributed by atoms with Gasteiger partial charge >= 0.3 is 0 Å². The Bertz CT molecular complexity index is 578. The van der Waals surface area contributed by atoms with Crippen LogP contribution in [0.4, 0.5) is 0 Å². The summed E-state index contributed by atoms with van der Waals surface area (Å²) in [5, 5.41) is 6.62. The smallest absolute Gasteiger partial charge is 0.223 e.